The summed E-state index contributed by atoms with van der Waals surface area (Å²) in [4.78, 5) is 11.6. The third-order valence-corrected chi connectivity index (χ3v) is 2.52. The van der Waals surface area contributed by atoms with Gasteiger partial charge in [0.05, 0.1) is 6.42 Å². The number of nitrogens with one attached hydrogen (secondary N) is 2. The molecule has 0 saturated carbocycles. The second-order valence-electron chi connectivity index (χ2n) is 3.90. The number of amides is 1. The molecule has 102 valence electrons. The number of halogens is 1. The van der Waals surface area contributed by atoms with E-state index in [0.717, 1.165) is 5.56 Å². The fourth-order valence-electron chi connectivity index (χ4n) is 1.29. The second kappa shape index (κ2) is 7.70. The number of hydrogen-bond acceptors (Lipinski definition) is 3. The number of thiocarbonyl (C=S) groups is 1. The largest absolute Gasteiger partial charge is 0.375 e. The summed E-state index contributed by atoms with van der Waals surface area (Å²) in [5.41, 5.74) is 9.23. The number of nitrogens with two attached hydrogens (primary N) is 1. The number of nitrogens with zero attached hydrogens (tertiary/aromatic N) is 1. The summed E-state index contributed by atoms with van der Waals surface area (Å²) >= 11 is 10.4. The minimum atomic E-state index is -0.124. The van der Waals surface area contributed by atoms with Gasteiger partial charge in [-0.2, -0.15) is 5.10 Å². The maximum atomic E-state index is 11.6. The highest BCUT2D eigenvalue weighted by Gasteiger charge is 2.03. The highest BCUT2D eigenvalue weighted by atomic mass is 35.5. The van der Waals surface area contributed by atoms with Crippen LogP contribution in [-0.4, -0.2) is 16.7 Å². The minimum absolute atomic E-state index is 0.0703. The van der Waals surface area contributed by atoms with E-state index in [1.54, 1.807) is 19.1 Å². The number of hydrogen-bond donors (Lipinski definition) is 3. The maximum Gasteiger partial charge on any atom is 0.225 e. The van der Waals surface area contributed by atoms with E-state index in [1.165, 1.54) is 0 Å². The third-order valence-electron chi connectivity index (χ3n) is 2.18. The Morgan fingerprint density at radius 1 is 1.42 bits per heavy atom. The zero-order valence-corrected chi connectivity index (χ0v) is 12.0. The molecule has 0 aliphatic carbocycles. The van der Waals surface area contributed by atoms with Crippen LogP contribution >= 0.6 is 23.8 Å². The maximum absolute atomic E-state index is 11.6. The van der Waals surface area contributed by atoms with Crippen LogP contribution in [0.25, 0.3) is 0 Å². The minimum Gasteiger partial charge on any atom is -0.375 e. The number of rotatable bonds is 5. The fourth-order valence-corrected chi connectivity index (χ4v) is 1.46. The van der Waals surface area contributed by atoms with Crippen LogP contribution in [0.15, 0.2) is 29.4 Å². The van der Waals surface area contributed by atoms with Gasteiger partial charge in [-0.3, -0.25) is 10.2 Å². The van der Waals surface area contributed by atoms with Crippen LogP contribution in [0.5, 0.6) is 0 Å². The molecule has 0 heterocycles. The van der Waals surface area contributed by atoms with Crippen molar-refractivity contribution >= 4 is 40.6 Å². The molecule has 1 amide bonds. The molecule has 0 aliphatic rings. The quantitative estimate of drug-likeness (QED) is 0.438. The van der Waals surface area contributed by atoms with Gasteiger partial charge in [-0.15, -0.1) is 0 Å². The molecule has 19 heavy (non-hydrogen) atoms. The number of carbonyl (C=O) groups is 1. The molecule has 0 aliphatic heterocycles. The monoisotopic (exact) mass is 298 g/mol. The molecule has 0 atom stereocenters. The van der Waals surface area contributed by atoms with Crippen molar-refractivity contribution in [1.29, 1.82) is 0 Å². The first-order chi connectivity index (χ1) is 8.97. The van der Waals surface area contributed by atoms with Gasteiger partial charge in [0.15, 0.2) is 5.11 Å². The van der Waals surface area contributed by atoms with E-state index in [2.05, 4.69) is 28.1 Å². The van der Waals surface area contributed by atoms with Gasteiger partial charge in [0.1, 0.15) is 0 Å². The lowest BCUT2D eigenvalue weighted by atomic mass is 10.2. The van der Waals surface area contributed by atoms with Crippen LogP contribution in [0.3, 0.4) is 0 Å². The van der Waals surface area contributed by atoms with E-state index in [1.807, 2.05) is 12.1 Å². The van der Waals surface area contributed by atoms with Crippen LogP contribution in [0.2, 0.25) is 5.02 Å². The smallest absolute Gasteiger partial charge is 0.225 e. The molecule has 0 saturated heterocycles. The van der Waals surface area contributed by atoms with E-state index in [4.69, 9.17) is 17.3 Å². The lowest BCUT2D eigenvalue weighted by Crippen LogP contribution is -2.28. The lowest BCUT2D eigenvalue weighted by molar-refractivity contribution is -0.120. The molecule has 5 nitrogen and oxygen atoms in total. The van der Waals surface area contributed by atoms with Crippen molar-refractivity contribution in [1.82, 2.24) is 10.7 Å². The molecule has 0 aromatic heterocycles. The van der Waals surface area contributed by atoms with Crippen LogP contribution < -0.4 is 16.5 Å². The molecule has 0 bridgehead atoms. The molecule has 0 radical (unpaired) electrons. The van der Waals surface area contributed by atoms with Crippen LogP contribution in [0, 0.1) is 0 Å². The highest BCUT2D eigenvalue weighted by Crippen LogP contribution is 2.09. The Morgan fingerprint density at radius 3 is 2.63 bits per heavy atom. The van der Waals surface area contributed by atoms with Crippen molar-refractivity contribution in [3.8, 4) is 0 Å². The summed E-state index contributed by atoms with van der Waals surface area (Å²) in [6.45, 7) is 2.17. The van der Waals surface area contributed by atoms with Gasteiger partial charge >= 0.3 is 0 Å². The van der Waals surface area contributed by atoms with Gasteiger partial charge in [0.2, 0.25) is 5.91 Å². The van der Waals surface area contributed by atoms with E-state index >= 15 is 0 Å². The fraction of sp³-hybridized carbons (Fsp3) is 0.250. The molecular formula is C12H15ClN4OS. The molecule has 1 rings (SSSR count). The van der Waals surface area contributed by atoms with Gasteiger partial charge < -0.3 is 11.1 Å². The summed E-state index contributed by atoms with van der Waals surface area (Å²) in [6.07, 6.45) is 0.184. The van der Waals surface area contributed by atoms with E-state index in [9.17, 15) is 4.79 Å². The normalized spacial score (nSPS) is 10.9. The van der Waals surface area contributed by atoms with Crippen molar-refractivity contribution in [2.75, 3.05) is 0 Å². The Hall–Kier alpha value is -1.66. The molecule has 4 N–H and O–H groups in total. The SMILES string of the molecule is C/C(CC(=O)NCc1ccc(Cl)cc1)=N\NC(N)=S. The van der Waals surface area contributed by atoms with E-state index in [-0.39, 0.29) is 17.4 Å². The first kappa shape index (κ1) is 15.4. The van der Waals surface area contributed by atoms with Gasteiger partial charge in [-0.25, -0.2) is 0 Å². The van der Waals surface area contributed by atoms with Crippen LogP contribution in [-0.2, 0) is 11.3 Å². The summed E-state index contributed by atoms with van der Waals surface area (Å²) in [7, 11) is 0. The highest BCUT2D eigenvalue weighted by molar-refractivity contribution is 7.80. The zero-order chi connectivity index (χ0) is 14.3. The van der Waals surface area contributed by atoms with Crippen molar-refractivity contribution in [2.24, 2.45) is 10.8 Å². The van der Waals surface area contributed by atoms with Crippen molar-refractivity contribution in [2.45, 2.75) is 19.9 Å². The lowest BCUT2D eigenvalue weighted by Gasteiger charge is -2.05. The Bertz CT molecular complexity index is 487. The molecule has 7 heteroatoms. The van der Waals surface area contributed by atoms with Crippen LogP contribution in [0.1, 0.15) is 18.9 Å². The molecular weight excluding hydrogens is 284 g/mol. The van der Waals surface area contributed by atoms with Crippen LogP contribution in [0.4, 0.5) is 0 Å². The second-order valence-corrected chi connectivity index (χ2v) is 4.78. The Kier molecular flexibility index (Phi) is 6.24. The first-order valence-electron chi connectivity index (χ1n) is 5.57. The summed E-state index contributed by atoms with van der Waals surface area (Å²) in [6, 6.07) is 7.28. The first-order valence-corrected chi connectivity index (χ1v) is 6.35. The van der Waals surface area contributed by atoms with Crippen molar-refractivity contribution in [3.63, 3.8) is 0 Å². The molecule has 1 aromatic rings. The Labute approximate surface area is 122 Å². The topological polar surface area (TPSA) is 79.5 Å². The molecule has 1 aromatic carbocycles. The molecule has 0 fully saturated rings. The van der Waals surface area contributed by atoms with Gasteiger partial charge in [0, 0.05) is 17.3 Å². The van der Waals surface area contributed by atoms with Crippen molar-refractivity contribution in [3.05, 3.63) is 34.9 Å². The number of hydrazone groups is 1. The predicted octanol–water partition coefficient (Wildman–Crippen LogP) is 1.56. The zero-order valence-electron chi connectivity index (χ0n) is 10.4. The molecule has 0 spiro atoms. The standard InChI is InChI=1S/C12H15ClN4OS/c1-8(16-17-12(14)19)6-11(18)15-7-9-2-4-10(13)5-3-9/h2-5H,6-7H2,1H3,(H,15,18)(H3,14,17,19)/b16-8+. The van der Waals surface area contributed by atoms with Gasteiger partial charge in [-0.1, -0.05) is 23.7 Å². The summed E-state index contributed by atoms with van der Waals surface area (Å²) < 4.78 is 0. The average Bonchev–Trinajstić information content (AvgIpc) is 2.36. The van der Waals surface area contributed by atoms with E-state index < -0.39 is 0 Å². The Morgan fingerprint density at radius 2 is 2.05 bits per heavy atom. The van der Waals surface area contributed by atoms with Crippen molar-refractivity contribution < 1.29 is 4.79 Å². The number of benzene rings is 1. The number of carbonyl (C=O) groups excluding carboxylic acids is 1. The van der Waals surface area contributed by atoms with E-state index in [0.29, 0.717) is 17.3 Å². The predicted molar refractivity (Wildman–Crippen MR) is 80.9 cm³/mol. The summed E-state index contributed by atoms with van der Waals surface area (Å²) in [5.74, 6) is -0.124. The molecule has 0 unspecified atom stereocenters. The van der Waals surface area contributed by atoms with Gasteiger partial charge in [-0.05, 0) is 36.8 Å². The third kappa shape index (κ3) is 6.73. The summed E-state index contributed by atoms with van der Waals surface area (Å²) in [5, 5.41) is 7.37. The Balaban J connectivity index is 2.37. The average molecular weight is 299 g/mol. The van der Waals surface area contributed by atoms with Gasteiger partial charge in [0.25, 0.3) is 0 Å².